The van der Waals surface area contributed by atoms with Crippen LogP contribution in [0.5, 0.6) is 0 Å². The molecule has 188 valence electrons. The number of carbonyl (C=O) groups is 1. The molecule has 2 aliphatic carbocycles. The van der Waals surface area contributed by atoms with Crippen molar-refractivity contribution in [3.05, 3.63) is 71.8 Å². The third-order valence-corrected chi connectivity index (χ3v) is 8.74. The minimum Gasteiger partial charge on any atom is -0.350 e. The third kappa shape index (κ3) is 6.87. The molecule has 2 saturated carbocycles. The smallest absolute Gasteiger partial charge is 0.243 e. The average molecular weight is 472 g/mol. The molecular formula is C33H45NO. The van der Waals surface area contributed by atoms with Gasteiger partial charge in [-0.15, -0.1) is 0 Å². The van der Waals surface area contributed by atoms with Gasteiger partial charge in [-0.25, -0.2) is 0 Å². The Morgan fingerprint density at radius 2 is 1.51 bits per heavy atom. The number of hydrogen-bond donors (Lipinski definition) is 1. The van der Waals surface area contributed by atoms with Crippen LogP contribution in [0, 0.1) is 12.8 Å². The molecule has 2 aliphatic rings. The van der Waals surface area contributed by atoms with Gasteiger partial charge in [0.1, 0.15) is 0 Å². The van der Waals surface area contributed by atoms with Gasteiger partial charge >= 0.3 is 0 Å². The summed E-state index contributed by atoms with van der Waals surface area (Å²) in [6, 6.07) is 16.8. The normalized spacial score (nSPS) is 24.6. The first-order chi connectivity index (χ1) is 17.1. The fraction of sp³-hybridized carbons (Fsp3) is 0.545. The minimum atomic E-state index is -0.0470. The molecule has 0 aliphatic heterocycles. The first-order valence-electron chi connectivity index (χ1n) is 14.2. The second kappa shape index (κ2) is 12.6. The lowest BCUT2D eigenvalue weighted by Crippen LogP contribution is -2.36. The van der Waals surface area contributed by atoms with Gasteiger partial charge < -0.3 is 5.32 Å². The minimum absolute atomic E-state index is 0.0470. The third-order valence-electron chi connectivity index (χ3n) is 8.74. The monoisotopic (exact) mass is 471 g/mol. The molecule has 2 aromatic rings. The molecule has 0 atom stereocenters. The van der Waals surface area contributed by atoms with Crippen LogP contribution in [0.1, 0.15) is 112 Å². The van der Waals surface area contributed by atoms with Gasteiger partial charge in [0.25, 0.3) is 0 Å². The van der Waals surface area contributed by atoms with Crippen LogP contribution in [0.15, 0.2) is 55.1 Å². The van der Waals surface area contributed by atoms with E-state index in [1.807, 2.05) is 0 Å². The number of rotatable bonds is 9. The van der Waals surface area contributed by atoms with E-state index in [1.54, 1.807) is 5.56 Å². The zero-order valence-electron chi connectivity index (χ0n) is 22.0. The van der Waals surface area contributed by atoms with Crippen molar-refractivity contribution < 1.29 is 4.79 Å². The Bertz CT molecular complexity index is 959. The highest BCUT2D eigenvalue weighted by Crippen LogP contribution is 2.39. The zero-order chi connectivity index (χ0) is 24.6. The van der Waals surface area contributed by atoms with E-state index in [-0.39, 0.29) is 5.91 Å². The van der Waals surface area contributed by atoms with Crippen molar-refractivity contribution in [3.63, 3.8) is 0 Å². The Morgan fingerprint density at radius 3 is 2.14 bits per heavy atom. The number of hydrogen-bond acceptors (Lipinski definition) is 1. The van der Waals surface area contributed by atoms with E-state index in [0.29, 0.717) is 12.0 Å². The van der Waals surface area contributed by atoms with Crippen LogP contribution >= 0.6 is 0 Å². The van der Waals surface area contributed by atoms with Gasteiger partial charge in [0.05, 0.1) is 0 Å². The Hall–Kier alpha value is -2.35. The summed E-state index contributed by atoms with van der Waals surface area (Å²) in [5.41, 5.74) is 7.08. The molecule has 0 bridgehead atoms. The molecule has 2 fully saturated rings. The largest absolute Gasteiger partial charge is 0.350 e. The highest BCUT2D eigenvalue weighted by molar-refractivity contribution is 5.87. The fourth-order valence-electron chi connectivity index (χ4n) is 6.50. The molecule has 1 amide bonds. The fourth-order valence-corrected chi connectivity index (χ4v) is 6.50. The van der Waals surface area contributed by atoms with Gasteiger partial charge in [-0.3, -0.25) is 4.79 Å². The van der Waals surface area contributed by atoms with Crippen molar-refractivity contribution in [2.24, 2.45) is 5.92 Å². The van der Waals surface area contributed by atoms with Crippen LogP contribution < -0.4 is 5.32 Å². The van der Waals surface area contributed by atoms with Crippen LogP contribution in [0.4, 0.5) is 0 Å². The summed E-state index contributed by atoms with van der Waals surface area (Å²) >= 11 is 0. The molecule has 0 spiro atoms. The maximum Gasteiger partial charge on any atom is 0.243 e. The zero-order valence-corrected chi connectivity index (χ0v) is 22.0. The van der Waals surface area contributed by atoms with E-state index in [9.17, 15) is 4.79 Å². The number of nitrogens with one attached hydrogen (secondary N) is 1. The van der Waals surface area contributed by atoms with Crippen LogP contribution in [-0.4, -0.2) is 11.9 Å². The molecule has 2 aromatic carbocycles. The molecule has 2 nitrogen and oxygen atoms in total. The molecule has 0 unspecified atom stereocenters. The summed E-state index contributed by atoms with van der Waals surface area (Å²) in [5.74, 6) is 2.27. The number of aryl methyl sites for hydroxylation is 1. The van der Waals surface area contributed by atoms with Crippen LogP contribution in [0.25, 0.3) is 11.1 Å². The SMILES string of the molecule is C=CC(=O)NC1CCC(c2ccc(-c3ccc(C4CCC(CCCCC)CC4)cc3C)cc2)CC1. The Balaban J connectivity index is 1.32. The van der Waals surface area contributed by atoms with Gasteiger partial charge in [0, 0.05) is 6.04 Å². The molecule has 2 heteroatoms. The highest BCUT2D eigenvalue weighted by atomic mass is 16.1. The number of carbonyl (C=O) groups excluding carboxylic acids is 1. The van der Waals surface area contributed by atoms with E-state index >= 15 is 0 Å². The summed E-state index contributed by atoms with van der Waals surface area (Å²) < 4.78 is 0. The van der Waals surface area contributed by atoms with Crippen LogP contribution in [-0.2, 0) is 4.79 Å². The lowest BCUT2D eigenvalue weighted by molar-refractivity contribution is -0.117. The Labute approximate surface area is 213 Å². The second-order valence-electron chi connectivity index (χ2n) is 11.2. The molecule has 0 radical (unpaired) electrons. The molecule has 1 N–H and O–H groups in total. The van der Waals surface area contributed by atoms with Gasteiger partial charge in [-0.1, -0.05) is 81.7 Å². The molecule has 0 aromatic heterocycles. The predicted octanol–water partition coefficient (Wildman–Crippen LogP) is 8.84. The predicted molar refractivity (Wildman–Crippen MR) is 149 cm³/mol. The van der Waals surface area contributed by atoms with Crippen LogP contribution in [0.2, 0.25) is 0 Å². The van der Waals surface area contributed by atoms with Gasteiger partial charge in [0.15, 0.2) is 0 Å². The topological polar surface area (TPSA) is 29.1 Å². The van der Waals surface area contributed by atoms with E-state index in [0.717, 1.165) is 37.5 Å². The number of benzene rings is 2. The van der Waals surface area contributed by atoms with Crippen molar-refractivity contribution in [2.45, 2.75) is 109 Å². The van der Waals surface area contributed by atoms with E-state index < -0.39 is 0 Å². The summed E-state index contributed by atoms with van der Waals surface area (Å²) in [6.07, 6.45) is 16.9. The van der Waals surface area contributed by atoms with Crippen molar-refractivity contribution in [1.29, 1.82) is 0 Å². The molecule has 0 heterocycles. The molecular weight excluding hydrogens is 426 g/mol. The average Bonchev–Trinajstić information content (AvgIpc) is 2.90. The van der Waals surface area contributed by atoms with Crippen molar-refractivity contribution in [2.75, 3.05) is 0 Å². The first-order valence-corrected chi connectivity index (χ1v) is 14.2. The molecule has 0 saturated heterocycles. The first kappa shape index (κ1) is 25.7. The highest BCUT2D eigenvalue weighted by Gasteiger charge is 2.24. The van der Waals surface area contributed by atoms with Crippen molar-refractivity contribution >= 4 is 5.91 Å². The lowest BCUT2D eigenvalue weighted by Gasteiger charge is -2.29. The maximum absolute atomic E-state index is 11.6. The number of unbranched alkanes of at least 4 members (excludes halogenated alkanes) is 2. The van der Waals surface area contributed by atoms with Gasteiger partial charge in [-0.2, -0.15) is 0 Å². The maximum atomic E-state index is 11.6. The van der Waals surface area contributed by atoms with E-state index in [4.69, 9.17) is 0 Å². The Kier molecular flexibility index (Phi) is 9.24. The molecule has 4 rings (SSSR count). The van der Waals surface area contributed by atoms with Gasteiger partial charge in [-0.05, 0) is 110 Å². The summed E-state index contributed by atoms with van der Waals surface area (Å²) in [4.78, 5) is 11.6. The van der Waals surface area contributed by atoms with E-state index in [1.165, 1.54) is 79.7 Å². The quantitative estimate of drug-likeness (QED) is 0.287. The molecule has 35 heavy (non-hydrogen) atoms. The van der Waals surface area contributed by atoms with Crippen molar-refractivity contribution in [1.82, 2.24) is 5.32 Å². The lowest BCUT2D eigenvalue weighted by atomic mass is 9.76. The second-order valence-corrected chi connectivity index (χ2v) is 11.2. The van der Waals surface area contributed by atoms with E-state index in [2.05, 4.69) is 68.2 Å². The summed E-state index contributed by atoms with van der Waals surface area (Å²) in [7, 11) is 0. The van der Waals surface area contributed by atoms with Gasteiger partial charge in [0.2, 0.25) is 5.91 Å². The summed E-state index contributed by atoms with van der Waals surface area (Å²) in [5, 5.41) is 3.06. The Morgan fingerprint density at radius 1 is 0.886 bits per heavy atom. The van der Waals surface area contributed by atoms with Crippen LogP contribution in [0.3, 0.4) is 0 Å². The number of amides is 1. The standard InChI is InChI=1S/C33H45NO/c1-4-6-7-8-25-9-11-28(12-10-25)30-19-22-32(24(3)23-30)29-15-13-26(14-16-29)27-17-20-31(21-18-27)34-33(35)5-2/h5,13-16,19,22-23,25,27-28,31H,2,4,6-12,17-18,20-21H2,1,3H3,(H,34,35). The summed E-state index contributed by atoms with van der Waals surface area (Å²) in [6.45, 7) is 8.14. The van der Waals surface area contributed by atoms with Crippen molar-refractivity contribution in [3.8, 4) is 11.1 Å².